The standard InChI is InChI=1S/C12H17NO4S2/c1-13-11(12(14)15)7-8-18-9-3-5-10(6-4-9)19(2,16)17/h3-6,11,13H,7-8H2,1-2H3,(H,14,15). The first-order valence-electron chi connectivity index (χ1n) is 5.67. The zero-order chi connectivity index (χ0) is 14.5. The summed E-state index contributed by atoms with van der Waals surface area (Å²) in [6, 6.07) is 6.03. The molecule has 1 unspecified atom stereocenters. The zero-order valence-corrected chi connectivity index (χ0v) is 12.4. The fourth-order valence-corrected chi connectivity index (χ4v) is 3.02. The first kappa shape index (κ1) is 16.0. The molecule has 2 N–H and O–H groups in total. The maximum Gasteiger partial charge on any atom is 0.320 e. The lowest BCUT2D eigenvalue weighted by molar-refractivity contribution is -0.139. The number of carboxylic acids is 1. The van der Waals surface area contributed by atoms with Gasteiger partial charge in [-0.15, -0.1) is 11.8 Å². The second-order valence-corrected chi connectivity index (χ2v) is 7.24. The third-order valence-corrected chi connectivity index (χ3v) is 4.75. The highest BCUT2D eigenvalue weighted by atomic mass is 32.2. The van der Waals surface area contributed by atoms with Crippen molar-refractivity contribution in [1.82, 2.24) is 5.32 Å². The molecule has 0 fully saturated rings. The molecule has 0 saturated carbocycles. The molecule has 0 aromatic heterocycles. The average Bonchev–Trinajstić information content (AvgIpc) is 2.33. The number of sulfone groups is 1. The predicted octanol–water partition coefficient (Wildman–Crippen LogP) is 1.24. The number of thioether (sulfide) groups is 1. The third-order valence-electron chi connectivity index (χ3n) is 2.57. The number of benzene rings is 1. The first-order valence-corrected chi connectivity index (χ1v) is 8.55. The van der Waals surface area contributed by atoms with Crippen molar-refractivity contribution < 1.29 is 18.3 Å². The van der Waals surface area contributed by atoms with Crippen LogP contribution in [0.4, 0.5) is 0 Å². The molecule has 5 nitrogen and oxygen atoms in total. The highest BCUT2D eigenvalue weighted by Gasteiger charge is 2.14. The highest BCUT2D eigenvalue weighted by molar-refractivity contribution is 7.99. The molecule has 0 bridgehead atoms. The highest BCUT2D eigenvalue weighted by Crippen LogP contribution is 2.21. The molecule has 1 rings (SSSR count). The van der Waals surface area contributed by atoms with Crippen LogP contribution in [0.1, 0.15) is 6.42 Å². The summed E-state index contributed by atoms with van der Waals surface area (Å²) in [6.07, 6.45) is 1.67. The van der Waals surface area contributed by atoms with Gasteiger partial charge in [0, 0.05) is 16.9 Å². The summed E-state index contributed by atoms with van der Waals surface area (Å²) in [5.74, 6) is -0.216. The van der Waals surface area contributed by atoms with Crippen LogP contribution >= 0.6 is 11.8 Å². The summed E-state index contributed by atoms with van der Waals surface area (Å²) >= 11 is 1.50. The molecule has 0 amide bonds. The van der Waals surface area contributed by atoms with E-state index in [0.29, 0.717) is 12.2 Å². The van der Waals surface area contributed by atoms with E-state index in [1.165, 1.54) is 18.0 Å². The van der Waals surface area contributed by atoms with E-state index in [0.717, 1.165) is 4.90 Å². The molecule has 0 saturated heterocycles. The molecule has 106 valence electrons. The lowest BCUT2D eigenvalue weighted by Crippen LogP contribution is -2.34. The van der Waals surface area contributed by atoms with Gasteiger partial charge < -0.3 is 10.4 Å². The van der Waals surface area contributed by atoms with Crippen molar-refractivity contribution >= 4 is 27.6 Å². The van der Waals surface area contributed by atoms with Gasteiger partial charge in [-0.3, -0.25) is 4.79 Å². The molecule has 0 radical (unpaired) electrons. The third kappa shape index (κ3) is 5.22. The summed E-state index contributed by atoms with van der Waals surface area (Å²) in [5, 5.41) is 11.6. The molecular formula is C12H17NO4S2. The van der Waals surface area contributed by atoms with Crippen LogP contribution in [-0.2, 0) is 14.6 Å². The van der Waals surface area contributed by atoms with Crippen molar-refractivity contribution in [3.63, 3.8) is 0 Å². The van der Waals surface area contributed by atoms with E-state index in [1.54, 1.807) is 31.3 Å². The Morgan fingerprint density at radius 3 is 2.37 bits per heavy atom. The normalized spacial score (nSPS) is 13.2. The topological polar surface area (TPSA) is 83.5 Å². The Kier molecular flexibility index (Phi) is 5.84. The van der Waals surface area contributed by atoms with Gasteiger partial charge in [0.2, 0.25) is 0 Å². The van der Waals surface area contributed by atoms with Gasteiger partial charge in [0.25, 0.3) is 0 Å². The van der Waals surface area contributed by atoms with E-state index in [4.69, 9.17) is 5.11 Å². The predicted molar refractivity (Wildman–Crippen MR) is 75.4 cm³/mol. The number of carboxylic acid groups (broad SMARTS) is 1. The molecule has 0 aliphatic heterocycles. The van der Waals surface area contributed by atoms with Gasteiger partial charge in [0.15, 0.2) is 9.84 Å². The Morgan fingerprint density at radius 2 is 1.95 bits per heavy atom. The molecule has 0 heterocycles. The summed E-state index contributed by atoms with van der Waals surface area (Å²) in [5.41, 5.74) is 0. The average molecular weight is 303 g/mol. The number of rotatable bonds is 7. The summed E-state index contributed by atoms with van der Waals surface area (Å²) < 4.78 is 22.6. The molecule has 0 spiro atoms. The van der Waals surface area contributed by atoms with Crippen molar-refractivity contribution in [2.45, 2.75) is 22.3 Å². The first-order chi connectivity index (χ1) is 8.84. The smallest absolute Gasteiger partial charge is 0.320 e. The minimum atomic E-state index is -3.17. The second kappa shape index (κ2) is 6.93. The fourth-order valence-electron chi connectivity index (χ4n) is 1.47. The Hall–Kier alpha value is -1.05. The monoisotopic (exact) mass is 303 g/mol. The maximum absolute atomic E-state index is 11.3. The lowest BCUT2D eigenvalue weighted by Gasteiger charge is -2.10. The number of hydrogen-bond acceptors (Lipinski definition) is 5. The van der Waals surface area contributed by atoms with Crippen LogP contribution in [0.3, 0.4) is 0 Å². The molecule has 7 heteroatoms. The van der Waals surface area contributed by atoms with E-state index in [1.807, 2.05) is 0 Å². The number of hydrogen-bond donors (Lipinski definition) is 2. The fraction of sp³-hybridized carbons (Fsp3) is 0.417. The molecule has 1 aromatic carbocycles. The van der Waals surface area contributed by atoms with Gasteiger partial charge in [-0.25, -0.2) is 8.42 Å². The Labute approximate surface area is 117 Å². The van der Waals surface area contributed by atoms with Gasteiger partial charge >= 0.3 is 5.97 Å². The van der Waals surface area contributed by atoms with E-state index in [-0.39, 0.29) is 4.90 Å². The van der Waals surface area contributed by atoms with Crippen molar-refractivity contribution in [1.29, 1.82) is 0 Å². The van der Waals surface area contributed by atoms with Gasteiger partial charge in [-0.2, -0.15) is 0 Å². The van der Waals surface area contributed by atoms with E-state index < -0.39 is 21.8 Å². The second-order valence-electron chi connectivity index (χ2n) is 4.06. The van der Waals surface area contributed by atoms with E-state index in [9.17, 15) is 13.2 Å². The number of nitrogens with one attached hydrogen (secondary N) is 1. The Balaban J connectivity index is 2.53. The molecule has 1 aromatic rings. The van der Waals surface area contributed by atoms with Gasteiger partial charge in [-0.1, -0.05) is 0 Å². The Morgan fingerprint density at radius 1 is 1.37 bits per heavy atom. The largest absolute Gasteiger partial charge is 0.480 e. The zero-order valence-electron chi connectivity index (χ0n) is 10.8. The van der Waals surface area contributed by atoms with Gasteiger partial charge in [0.1, 0.15) is 6.04 Å². The van der Waals surface area contributed by atoms with Crippen LogP contribution in [0.5, 0.6) is 0 Å². The van der Waals surface area contributed by atoms with Gasteiger partial charge in [0.05, 0.1) is 4.90 Å². The quantitative estimate of drug-likeness (QED) is 0.738. The van der Waals surface area contributed by atoms with Crippen LogP contribution in [0.15, 0.2) is 34.1 Å². The molecular weight excluding hydrogens is 286 g/mol. The van der Waals surface area contributed by atoms with Crippen LogP contribution < -0.4 is 5.32 Å². The summed E-state index contributed by atoms with van der Waals surface area (Å²) in [7, 11) is -1.55. The SMILES string of the molecule is CNC(CCSc1ccc(S(C)(=O)=O)cc1)C(=O)O. The van der Waals surface area contributed by atoms with Crippen molar-refractivity contribution in [3.8, 4) is 0 Å². The minimum absolute atomic E-state index is 0.287. The van der Waals surface area contributed by atoms with Crippen molar-refractivity contribution in [2.75, 3.05) is 19.1 Å². The van der Waals surface area contributed by atoms with Crippen LogP contribution in [0.2, 0.25) is 0 Å². The van der Waals surface area contributed by atoms with Crippen LogP contribution in [0.25, 0.3) is 0 Å². The number of likely N-dealkylation sites (N-methyl/N-ethyl adjacent to an activating group) is 1. The van der Waals surface area contributed by atoms with E-state index >= 15 is 0 Å². The lowest BCUT2D eigenvalue weighted by atomic mass is 10.2. The minimum Gasteiger partial charge on any atom is -0.480 e. The van der Waals surface area contributed by atoms with Gasteiger partial charge in [-0.05, 0) is 37.7 Å². The van der Waals surface area contributed by atoms with Crippen molar-refractivity contribution in [3.05, 3.63) is 24.3 Å². The van der Waals surface area contributed by atoms with Crippen LogP contribution in [0, 0.1) is 0 Å². The molecule has 0 aliphatic carbocycles. The van der Waals surface area contributed by atoms with Crippen LogP contribution in [-0.4, -0.2) is 44.6 Å². The van der Waals surface area contributed by atoms with Crippen molar-refractivity contribution in [2.24, 2.45) is 0 Å². The van der Waals surface area contributed by atoms with E-state index in [2.05, 4.69) is 5.32 Å². The molecule has 0 aliphatic rings. The number of aliphatic carboxylic acids is 1. The molecule has 19 heavy (non-hydrogen) atoms. The Bertz CT molecular complexity index is 525. The number of carbonyl (C=O) groups is 1. The summed E-state index contributed by atoms with van der Waals surface area (Å²) in [6.45, 7) is 0. The summed E-state index contributed by atoms with van der Waals surface area (Å²) in [4.78, 5) is 12.0. The molecule has 1 atom stereocenters. The maximum atomic E-state index is 11.3.